The Morgan fingerprint density at radius 2 is 1.78 bits per heavy atom. The maximum absolute atomic E-state index is 9.58. The number of likely N-dealkylation sites (tertiary alicyclic amines) is 1. The van der Waals surface area contributed by atoms with Gasteiger partial charge in [0.05, 0.1) is 18.8 Å². The summed E-state index contributed by atoms with van der Waals surface area (Å²) in [4.78, 5) is 2.36. The molecule has 0 spiro atoms. The quantitative estimate of drug-likeness (QED) is 0.870. The largest absolute Gasteiger partial charge is 0.491 e. The van der Waals surface area contributed by atoms with Crippen molar-refractivity contribution in [2.24, 2.45) is 0 Å². The Morgan fingerprint density at radius 1 is 1.17 bits per heavy atom. The first-order chi connectivity index (χ1) is 8.70. The normalized spacial score (nSPS) is 18.2. The lowest BCUT2D eigenvalue weighted by molar-refractivity contribution is 0.147. The molecule has 0 aromatic heterocycles. The molecule has 0 bridgehead atoms. The van der Waals surface area contributed by atoms with Gasteiger partial charge in [-0.3, -0.25) is 4.90 Å². The summed E-state index contributed by atoms with van der Waals surface area (Å²) >= 11 is 0. The molecular formula is C15H23NO2. The average molecular weight is 249 g/mol. The van der Waals surface area contributed by atoms with Gasteiger partial charge in [0.2, 0.25) is 0 Å². The number of aliphatic hydroxyl groups excluding tert-OH is 1. The van der Waals surface area contributed by atoms with Crippen molar-refractivity contribution in [3.8, 4) is 5.75 Å². The summed E-state index contributed by atoms with van der Waals surface area (Å²) in [5.41, 5.74) is 1.18. The second kappa shape index (κ2) is 6.21. The Kier molecular flexibility index (Phi) is 4.61. The lowest BCUT2D eigenvalue weighted by Gasteiger charge is -2.26. The highest BCUT2D eigenvalue weighted by Gasteiger charge is 2.22. The minimum atomic E-state index is 0.139. The Balaban J connectivity index is 2.06. The van der Waals surface area contributed by atoms with Crippen LogP contribution in [-0.2, 0) is 0 Å². The molecule has 1 aromatic carbocycles. The van der Waals surface area contributed by atoms with Crippen LogP contribution < -0.4 is 4.74 Å². The highest BCUT2D eigenvalue weighted by atomic mass is 16.5. The van der Waals surface area contributed by atoms with Gasteiger partial charge >= 0.3 is 0 Å². The molecule has 2 rings (SSSR count). The van der Waals surface area contributed by atoms with Gasteiger partial charge in [-0.1, -0.05) is 12.1 Å². The zero-order valence-corrected chi connectivity index (χ0v) is 11.3. The van der Waals surface area contributed by atoms with Gasteiger partial charge in [-0.15, -0.1) is 0 Å². The van der Waals surface area contributed by atoms with Gasteiger partial charge in [0.25, 0.3) is 0 Å². The van der Waals surface area contributed by atoms with Crippen molar-refractivity contribution in [1.29, 1.82) is 0 Å². The predicted octanol–water partition coefficient (Wildman–Crippen LogP) is 2.60. The maximum Gasteiger partial charge on any atom is 0.119 e. The summed E-state index contributed by atoms with van der Waals surface area (Å²) in [5.74, 6) is 0.895. The molecule has 1 atom stereocenters. The van der Waals surface area contributed by atoms with Gasteiger partial charge in [0, 0.05) is 0 Å². The topological polar surface area (TPSA) is 32.7 Å². The van der Waals surface area contributed by atoms with Crippen LogP contribution in [0, 0.1) is 0 Å². The molecule has 1 unspecified atom stereocenters. The molecule has 1 heterocycles. The van der Waals surface area contributed by atoms with E-state index in [0.717, 1.165) is 18.8 Å². The van der Waals surface area contributed by atoms with E-state index in [1.54, 1.807) is 0 Å². The Bertz CT molecular complexity index is 355. The molecule has 1 fully saturated rings. The van der Waals surface area contributed by atoms with Crippen LogP contribution in [0.4, 0.5) is 0 Å². The molecule has 0 saturated carbocycles. The fraction of sp³-hybridized carbons (Fsp3) is 0.600. The third-order valence-corrected chi connectivity index (χ3v) is 3.39. The summed E-state index contributed by atoms with van der Waals surface area (Å²) in [7, 11) is 0. The summed E-state index contributed by atoms with van der Waals surface area (Å²) in [6.07, 6.45) is 2.68. The Morgan fingerprint density at radius 3 is 2.28 bits per heavy atom. The number of rotatable bonds is 5. The van der Waals surface area contributed by atoms with Gasteiger partial charge in [-0.2, -0.15) is 0 Å². The van der Waals surface area contributed by atoms with Crippen molar-refractivity contribution in [3.63, 3.8) is 0 Å². The zero-order chi connectivity index (χ0) is 13.0. The Hall–Kier alpha value is -1.06. The minimum absolute atomic E-state index is 0.139. The van der Waals surface area contributed by atoms with Crippen LogP contribution in [-0.4, -0.2) is 35.8 Å². The SMILES string of the molecule is CC(C)Oc1ccc(C(CO)N2CCCC2)cc1. The summed E-state index contributed by atoms with van der Waals surface area (Å²) in [6, 6.07) is 8.26. The lowest BCUT2D eigenvalue weighted by Crippen LogP contribution is -2.28. The monoisotopic (exact) mass is 249 g/mol. The molecule has 0 aliphatic carbocycles. The van der Waals surface area contributed by atoms with Crippen LogP contribution in [0.15, 0.2) is 24.3 Å². The zero-order valence-electron chi connectivity index (χ0n) is 11.3. The third kappa shape index (κ3) is 3.24. The molecule has 1 N–H and O–H groups in total. The first-order valence-corrected chi connectivity index (χ1v) is 6.82. The molecule has 0 radical (unpaired) electrons. The molecule has 1 aliphatic heterocycles. The van der Waals surface area contributed by atoms with Crippen LogP contribution in [0.3, 0.4) is 0 Å². The van der Waals surface area contributed by atoms with Crippen molar-refractivity contribution in [2.45, 2.75) is 38.8 Å². The van der Waals surface area contributed by atoms with E-state index in [4.69, 9.17) is 4.74 Å². The molecule has 3 heteroatoms. The number of nitrogens with zero attached hydrogens (tertiary/aromatic N) is 1. The molecule has 100 valence electrons. The highest BCUT2D eigenvalue weighted by Crippen LogP contribution is 2.26. The molecule has 1 aliphatic rings. The van der Waals surface area contributed by atoms with Gasteiger partial charge in [0.1, 0.15) is 5.75 Å². The number of aliphatic hydroxyl groups is 1. The van der Waals surface area contributed by atoms with E-state index in [9.17, 15) is 5.11 Å². The second-order valence-corrected chi connectivity index (χ2v) is 5.18. The van der Waals surface area contributed by atoms with Gasteiger partial charge in [-0.25, -0.2) is 0 Å². The van der Waals surface area contributed by atoms with Crippen LogP contribution in [0.25, 0.3) is 0 Å². The molecule has 1 aromatic rings. The van der Waals surface area contributed by atoms with Crippen LogP contribution >= 0.6 is 0 Å². The van der Waals surface area contributed by atoms with E-state index in [0.29, 0.717) is 0 Å². The van der Waals surface area contributed by atoms with Crippen molar-refractivity contribution in [2.75, 3.05) is 19.7 Å². The van der Waals surface area contributed by atoms with Crippen LogP contribution in [0.2, 0.25) is 0 Å². The van der Waals surface area contributed by atoms with Crippen molar-refractivity contribution >= 4 is 0 Å². The number of hydrogen-bond donors (Lipinski definition) is 1. The van der Waals surface area contributed by atoms with E-state index in [-0.39, 0.29) is 18.8 Å². The molecular weight excluding hydrogens is 226 g/mol. The smallest absolute Gasteiger partial charge is 0.119 e. The molecule has 0 amide bonds. The van der Waals surface area contributed by atoms with Gasteiger partial charge in [-0.05, 0) is 57.5 Å². The third-order valence-electron chi connectivity index (χ3n) is 3.39. The first-order valence-electron chi connectivity index (χ1n) is 6.82. The van der Waals surface area contributed by atoms with E-state index >= 15 is 0 Å². The van der Waals surface area contributed by atoms with Crippen LogP contribution in [0.1, 0.15) is 38.3 Å². The van der Waals surface area contributed by atoms with Crippen molar-refractivity contribution in [3.05, 3.63) is 29.8 Å². The van der Waals surface area contributed by atoms with Gasteiger partial charge in [0.15, 0.2) is 0 Å². The lowest BCUT2D eigenvalue weighted by atomic mass is 10.1. The predicted molar refractivity (Wildman–Crippen MR) is 72.8 cm³/mol. The fourth-order valence-electron chi connectivity index (χ4n) is 2.53. The number of hydrogen-bond acceptors (Lipinski definition) is 3. The van der Waals surface area contributed by atoms with Crippen molar-refractivity contribution < 1.29 is 9.84 Å². The Labute approximate surface area is 109 Å². The minimum Gasteiger partial charge on any atom is -0.491 e. The number of ether oxygens (including phenoxy) is 1. The van der Waals surface area contributed by atoms with Crippen molar-refractivity contribution in [1.82, 2.24) is 4.90 Å². The molecule has 3 nitrogen and oxygen atoms in total. The van der Waals surface area contributed by atoms with E-state index in [1.807, 2.05) is 26.0 Å². The van der Waals surface area contributed by atoms with Crippen LogP contribution in [0.5, 0.6) is 5.75 Å². The first kappa shape index (κ1) is 13.4. The molecule has 1 saturated heterocycles. The van der Waals surface area contributed by atoms with E-state index < -0.39 is 0 Å². The summed E-state index contributed by atoms with van der Waals surface area (Å²) in [6.45, 7) is 6.42. The van der Waals surface area contributed by atoms with Gasteiger partial charge < -0.3 is 9.84 Å². The standard InChI is InChI=1S/C15H23NO2/c1-12(2)18-14-7-5-13(6-8-14)15(11-17)16-9-3-4-10-16/h5-8,12,15,17H,3-4,9-11H2,1-2H3. The second-order valence-electron chi connectivity index (χ2n) is 5.18. The number of benzene rings is 1. The molecule has 18 heavy (non-hydrogen) atoms. The van der Waals surface area contributed by atoms with E-state index in [2.05, 4.69) is 17.0 Å². The highest BCUT2D eigenvalue weighted by molar-refractivity contribution is 5.29. The maximum atomic E-state index is 9.58. The fourth-order valence-corrected chi connectivity index (χ4v) is 2.53. The average Bonchev–Trinajstić information content (AvgIpc) is 2.85. The summed E-state index contributed by atoms with van der Waals surface area (Å²) < 4.78 is 5.63. The van der Waals surface area contributed by atoms with E-state index in [1.165, 1.54) is 18.4 Å². The summed E-state index contributed by atoms with van der Waals surface area (Å²) in [5, 5.41) is 9.58.